The molecule has 1 fully saturated rings. The van der Waals surface area contributed by atoms with Crippen LogP contribution in [0.25, 0.3) is 5.76 Å². The Hall–Kier alpha value is -3.80. The SMILES string of the molecule is Cc1cc(/C(O)=C2/C(=O)C(=O)N(c3ccc(C(C)(C)C)cc3)C2c2ccncc2)ccc1F. The van der Waals surface area contributed by atoms with Crippen LogP contribution in [0.1, 0.15) is 49.1 Å². The van der Waals surface area contributed by atoms with Gasteiger partial charge in [-0.1, -0.05) is 32.9 Å². The molecule has 1 unspecified atom stereocenters. The van der Waals surface area contributed by atoms with Crippen LogP contribution in [0.15, 0.2) is 72.6 Å². The summed E-state index contributed by atoms with van der Waals surface area (Å²) in [5, 5.41) is 11.1. The van der Waals surface area contributed by atoms with Crippen LogP contribution in [0, 0.1) is 12.7 Å². The van der Waals surface area contributed by atoms with Crippen molar-refractivity contribution in [3.63, 3.8) is 0 Å². The van der Waals surface area contributed by atoms with Crippen molar-refractivity contribution >= 4 is 23.1 Å². The Kier molecular flexibility index (Phi) is 5.62. The number of Topliss-reactive ketones (excluding diaryl/α,β-unsaturated/α-hetero) is 1. The van der Waals surface area contributed by atoms with Crippen molar-refractivity contribution in [3.05, 3.63) is 101 Å². The number of amides is 1. The molecule has 1 amide bonds. The third kappa shape index (κ3) is 4.04. The van der Waals surface area contributed by atoms with Gasteiger partial charge in [0.25, 0.3) is 11.7 Å². The first kappa shape index (κ1) is 22.4. The summed E-state index contributed by atoms with van der Waals surface area (Å²) in [4.78, 5) is 31.8. The van der Waals surface area contributed by atoms with Crippen LogP contribution in [0.2, 0.25) is 0 Å². The highest BCUT2D eigenvalue weighted by atomic mass is 19.1. The predicted octanol–water partition coefficient (Wildman–Crippen LogP) is 5.45. The van der Waals surface area contributed by atoms with Gasteiger partial charge in [0.15, 0.2) is 0 Å². The van der Waals surface area contributed by atoms with Gasteiger partial charge in [0.1, 0.15) is 11.6 Å². The van der Waals surface area contributed by atoms with Gasteiger partial charge in [-0.3, -0.25) is 19.5 Å². The van der Waals surface area contributed by atoms with E-state index in [2.05, 4.69) is 25.8 Å². The van der Waals surface area contributed by atoms with Crippen LogP contribution < -0.4 is 4.90 Å². The van der Waals surface area contributed by atoms with E-state index in [1.165, 1.54) is 23.1 Å². The quantitative estimate of drug-likeness (QED) is 0.331. The van der Waals surface area contributed by atoms with E-state index in [0.29, 0.717) is 16.8 Å². The molecule has 168 valence electrons. The van der Waals surface area contributed by atoms with E-state index < -0.39 is 23.5 Å². The van der Waals surface area contributed by atoms with Crippen molar-refractivity contribution in [1.82, 2.24) is 4.98 Å². The van der Waals surface area contributed by atoms with Crippen LogP contribution in [0.5, 0.6) is 0 Å². The summed E-state index contributed by atoms with van der Waals surface area (Å²) < 4.78 is 13.8. The Morgan fingerprint density at radius 1 is 1.00 bits per heavy atom. The number of benzene rings is 2. The third-order valence-corrected chi connectivity index (χ3v) is 5.91. The van der Waals surface area contributed by atoms with Gasteiger partial charge in [0, 0.05) is 23.6 Å². The van der Waals surface area contributed by atoms with Crippen molar-refractivity contribution in [3.8, 4) is 0 Å². The average Bonchev–Trinajstić information content (AvgIpc) is 3.06. The first-order valence-electron chi connectivity index (χ1n) is 10.7. The van der Waals surface area contributed by atoms with Gasteiger partial charge < -0.3 is 5.11 Å². The lowest BCUT2D eigenvalue weighted by molar-refractivity contribution is -0.132. The van der Waals surface area contributed by atoms with Gasteiger partial charge in [-0.05, 0) is 71.5 Å². The molecule has 0 bridgehead atoms. The smallest absolute Gasteiger partial charge is 0.300 e. The van der Waals surface area contributed by atoms with E-state index in [9.17, 15) is 19.1 Å². The maximum atomic E-state index is 13.8. The molecule has 6 heteroatoms. The summed E-state index contributed by atoms with van der Waals surface area (Å²) in [6.45, 7) is 7.85. The maximum absolute atomic E-state index is 13.8. The van der Waals surface area contributed by atoms with Gasteiger partial charge in [0.2, 0.25) is 0 Å². The zero-order valence-corrected chi connectivity index (χ0v) is 19.0. The Morgan fingerprint density at radius 3 is 2.21 bits per heavy atom. The number of aliphatic hydroxyl groups is 1. The molecule has 4 rings (SSSR count). The molecule has 3 aromatic rings. The van der Waals surface area contributed by atoms with Crippen LogP contribution in [-0.4, -0.2) is 21.8 Å². The zero-order valence-electron chi connectivity index (χ0n) is 19.0. The second kappa shape index (κ2) is 8.28. The molecule has 1 aliphatic rings. The van der Waals surface area contributed by atoms with E-state index in [0.717, 1.165) is 5.56 Å². The van der Waals surface area contributed by atoms with Crippen LogP contribution in [-0.2, 0) is 15.0 Å². The summed E-state index contributed by atoms with van der Waals surface area (Å²) >= 11 is 0. The molecule has 2 aromatic carbocycles. The molecule has 0 saturated carbocycles. The lowest BCUT2D eigenvalue weighted by atomic mass is 9.87. The van der Waals surface area contributed by atoms with Gasteiger partial charge in [-0.15, -0.1) is 0 Å². The molecule has 1 N–H and O–H groups in total. The molecular weight excluding hydrogens is 419 g/mol. The fraction of sp³-hybridized carbons (Fsp3) is 0.222. The van der Waals surface area contributed by atoms with Crippen molar-refractivity contribution in [2.45, 2.75) is 39.2 Å². The number of rotatable bonds is 3. The number of nitrogens with zero attached hydrogens (tertiary/aromatic N) is 2. The number of ketones is 1. The molecule has 0 spiro atoms. The first-order valence-corrected chi connectivity index (χ1v) is 10.7. The minimum atomic E-state index is -0.848. The van der Waals surface area contributed by atoms with E-state index in [1.54, 1.807) is 31.5 Å². The van der Waals surface area contributed by atoms with Crippen LogP contribution >= 0.6 is 0 Å². The topological polar surface area (TPSA) is 70.5 Å². The first-order chi connectivity index (χ1) is 15.6. The van der Waals surface area contributed by atoms with Crippen LogP contribution in [0.3, 0.4) is 0 Å². The van der Waals surface area contributed by atoms with E-state index in [1.807, 2.05) is 24.3 Å². The zero-order chi connectivity index (χ0) is 23.9. The highest BCUT2D eigenvalue weighted by Gasteiger charge is 2.47. The third-order valence-electron chi connectivity index (χ3n) is 5.91. The minimum absolute atomic E-state index is 0.0443. The second-order valence-corrected chi connectivity index (χ2v) is 9.21. The Labute approximate surface area is 192 Å². The molecule has 0 radical (unpaired) electrons. The fourth-order valence-corrected chi connectivity index (χ4v) is 4.03. The Morgan fingerprint density at radius 2 is 1.64 bits per heavy atom. The summed E-state index contributed by atoms with van der Waals surface area (Å²) in [5.41, 5.74) is 2.74. The lowest BCUT2D eigenvalue weighted by Crippen LogP contribution is -2.29. The second-order valence-electron chi connectivity index (χ2n) is 9.21. The molecule has 1 aromatic heterocycles. The number of hydrogen-bond donors (Lipinski definition) is 1. The lowest BCUT2D eigenvalue weighted by Gasteiger charge is -2.26. The minimum Gasteiger partial charge on any atom is -0.507 e. The molecule has 1 atom stereocenters. The molecule has 0 aliphatic carbocycles. The number of carbonyl (C=O) groups excluding carboxylic acids is 2. The normalized spacial score (nSPS) is 18.1. The molecule has 1 aliphatic heterocycles. The van der Waals surface area contributed by atoms with Crippen molar-refractivity contribution in [2.75, 3.05) is 4.90 Å². The van der Waals surface area contributed by atoms with E-state index in [-0.39, 0.29) is 22.3 Å². The van der Waals surface area contributed by atoms with Gasteiger partial charge >= 0.3 is 0 Å². The number of halogens is 1. The maximum Gasteiger partial charge on any atom is 0.300 e. The number of hydrogen-bond acceptors (Lipinski definition) is 4. The molecular formula is C27H25FN2O3. The number of aliphatic hydroxyl groups excluding tert-OH is 1. The number of carbonyl (C=O) groups is 2. The predicted molar refractivity (Wildman–Crippen MR) is 125 cm³/mol. The fourth-order valence-electron chi connectivity index (χ4n) is 4.03. The monoisotopic (exact) mass is 444 g/mol. The number of pyridine rings is 1. The Balaban J connectivity index is 1.90. The van der Waals surface area contributed by atoms with E-state index >= 15 is 0 Å². The highest BCUT2D eigenvalue weighted by Crippen LogP contribution is 2.42. The van der Waals surface area contributed by atoms with Gasteiger partial charge in [-0.25, -0.2) is 4.39 Å². The molecule has 5 nitrogen and oxygen atoms in total. The number of aryl methyl sites for hydroxylation is 1. The number of aromatic nitrogens is 1. The molecule has 33 heavy (non-hydrogen) atoms. The van der Waals surface area contributed by atoms with Crippen molar-refractivity contribution in [2.24, 2.45) is 0 Å². The summed E-state index contributed by atoms with van der Waals surface area (Å²) in [5.74, 6) is -2.29. The largest absolute Gasteiger partial charge is 0.507 e. The Bertz CT molecular complexity index is 1260. The molecule has 2 heterocycles. The summed E-state index contributed by atoms with van der Waals surface area (Å²) in [6.07, 6.45) is 3.14. The summed E-state index contributed by atoms with van der Waals surface area (Å²) in [6, 6.07) is 14.1. The highest BCUT2D eigenvalue weighted by molar-refractivity contribution is 6.51. The summed E-state index contributed by atoms with van der Waals surface area (Å²) in [7, 11) is 0. The van der Waals surface area contributed by atoms with Crippen molar-refractivity contribution in [1.29, 1.82) is 0 Å². The van der Waals surface area contributed by atoms with Crippen molar-refractivity contribution < 1.29 is 19.1 Å². The van der Waals surface area contributed by atoms with E-state index in [4.69, 9.17) is 0 Å². The average molecular weight is 445 g/mol. The van der Waals surface area contributed by atoms with Crippen LogP contribution in [0.4, 0.5) is 10.1 Å². The number of anilines is 1. The molecule has 1 saturated heterocycles. The van der Waals surface area contributed by atoms with Gasteiger partial charge in [-0.2, -0.15) is 0 Å². The van der Waals surface area contributed by atoms with Gasteiger partial charge in [0.05, 0.1) is 11.6 Å². The standard InChI is InChI=1S/C27H25FN2O3/c1-16-15-18(5-10-21(16)28)24(31)22-23(17-11-13-29-14-12-17)30(26(33)25(22)32)20-8-6-19(7-9-20)27(2,3)4/h5-15,23,31H,1-4H3/b24-22-.